The minimum atomic E-state index is -0.712. The second kappa shape index (κ2) is 6.89. The number of carbonyl (C=O) groups excluding carboxylic acids is 2. The standard InChI is InChI=1S/C14H20N2O3/c1-10(14(18)19-3)9-16(2)13(17)12(15)11-7-5-4-6-8-11/h4-8,10,12H,9,15H2,1-3H3. The lowest BCUT2D eigenvalue weighted by Crippen LogP contribution is -2.39. The molecule has 2 atom stereocenters. The molecule has 5 heteroatoms. The summed E-state index contributed by atoms with van der Waals surface area (Å²) in [6, 6.07) is 8.43. The molecule has 0 bridgehead atoms. The summed E-state index contributed by atoms with van der Waals surface area (Å²) in [5.74, 6) is -0.934. The van der Waals surface area contributed by atoms with E-state index in [1.807, 2.05) is 18.2 Å². The monoisotopic (exact) mass is 264 g/mol. The second-order valence-electron chi connectivity index (χ2n) is 4.53. The van der Waals surface area contributed by atoms with Gasteiger partial charge in [0.15, 0.2) is 0 Å². The molecule has 2 N–H and O–H groups in total. The van der Waals surface area contributed by atoms with E-state index in [0.717, 1.165) is 5.56 Å². The van der Waals surface area contributed by atoms with Crippen molar-refractivity contribution >= 4 is 11.9 Å². The number of hydrogen-bond donors (Lipinski definition) is 1. The lowest BCUT2D eigenvalue weighted by Gasteiger charge is -2.23. The van der Waals surface area contributed by atoms with Crippen LogP contribution in [0.15, 0.2) is 30.3 Å². The molecule has 1 amide bonds. The third kappa shape index (κ3) is 4.06. The lowest BCUT2D eigenvalue weighted by molar-refractivity contribution is -0.146. The molecule has 0 radical (unpaired) electrons. The summed E-state index contributed by atoms with van der Waals surface area (Å²) < 4.78 is 4.63. The van der Waals surface area contributed by atoms with E-state index >= 15 is 0 Å². The van der Waals surface area contributed by atoms with E-state index in [1.54, 1.807) is 26.1 Å². The van der Waals surface area contributed by atoms with Gasteiger partial charge in [0.25, 0.3) is 0 Å². The molecule has 19 heavy (non-hydrogen) atoms. The van der Waals surface area contributed by atoms with E-state index in [1.165, 1.54) is 12.0 Å². The first-order valence-corrected chi connectivity index (χ1v) is 6.10. The van der Waals surface area contributed by atoms with E-state index in [2.05, 4.69) is 4.74 Å². The van der Waals surface area contributed by atoms with Crippen molar-refractivity contribution in [2.75, 3.05) is 20.7 Å². The van der Waals surface area contributed by atoms with Crippen LogP contribution in [0.25, 0.3) is 0 Å². The summed E-state index contributed by atoms with van der Waals surface area (Å²) in [7, 11) is 2.96. The van der Waals surface area contributed by atoms with Crippen LogP contribution in [0.1, 0.15) is 18.5 Å². The summed E-state index contributed by atoms with van der Waals surface area (Å²) in [5.41, 5.74) is 6.67. The lowest BCUT2D eigenvalue weighted by atomic mass is 10.1. The Morgan fingerprint density at radius 3 is 2.42 bits per heavy atom. The zero-order chi connectivity index (χ0) is 14.4. The fourth-order valence-electron chi connectivity index (χ4n) is 1.82. The molecule has 0 spiro atoms. The van der Waals surface area contributed by atoms with Crippen LogP contribution in [0.4, 0.5) is 0 Å². The average Bonchev–Trinajstić information content (AvgIpc) is 2.45. The minimum absolute atomic E-state index is 0.220. The molecule has 1 aromatic carbocycles. The number of methoxy groups -OCH3 is 1. The van der Waals surface area contributed by atoms with Gasteiger partial charge < -0.3 is 15.4 Å². The molecule has 1 rings (SSSR count). The average molecular weight is 264 g/mol. The molecule has 5 nitrogen and oxygen atoms in total. The van der Waals surface area contributed by atoms with Crippen molar-refractivity contribution in [3.8, 4) is 0 Å². The van der Waals surface area contributed by atoms with Crippen molar-refractivity contribution in [3.05, 3.63) is 35.9 Å². The van der Waals surface area contributed by atoms with Gasteiger partial charge in [0.05, 0.1) is 13.0 Å². The predicted molar refractivity (Wildman–Crippen MR) is 72.2 cm³/mol. The van der Waals surface area contributed by atoms with Gasteiger partial charge in [-0.05, 0) is 5.56 Å². The van der Waals surface area contributed by atoms with E-state index in [4.69, 9.17) is 5.73 Å². The zero-order valence-electron chi connectivity index (χ0n) is 11.5. The highest BCUT2D eigenvalue weighted by Crippen LogP contribution is 2.13. The molecule has 0 fully saturated rings. The van der Waals surface area contributed by atoms with E-state index in [-0.39, 0.29) is 24.3 Å². The van der Waals surface area contributed by atoms with Crippen LogP contribution in [0, 0.1) is 5.92 Å². The van der Waals surface area contributed by atoms with Gasteiger partial charge in [-0.15, -0.1) is 0 Å². The Labute approximate surface area is 113 Å². The highest BCUT2D eigenvalue weighted by molar-refractivity contribution is 5.83. The van der Waals surface area contributed by atoms with E-state index in [9.17, 15) is 9.59 Å². The van der Waals surface area contributed by atoms with Crippen molar-refractivity contribution in [3.63, 3.8) is 0 Å². The molecule has 0 aliphatic rings. The molecular formula is C14H20N2O3. The molecule has 0 aliphatic carbocycles. The van der Waals surface area contributed by atoms with Gasteiger partial charge in [0, 0.05) is 13.6 Å². The maximum Gasteiger partial charge on any atom is 0.310 e. The van der Waals surface area contributed by atoms with Gasteiger partial charge in [-0.25, -0.2) is 0 Å². The van der Waals surface area contributed by atoms with Gasteiger partial charge in [-0.3, -0.25) is 9.59 Å². The Morgan fingerprint density at radius 2 is 1.89 bits per heavy atom. The maximum atomic E-state index is 12.1. The number of nitrogens with two attached hydrogens (primary N) is 1. The molecule has 104 valence electrons. The first-order chi connectivity index (χ1) is 8.97. The molecule has 2 unspecified atom stereocenters. The van der Waals surface area contributed by atoms with Crippen LogP contribution in [-0.2, 0) is 14.3 Å². The van der Waals surface area contributed by atoms with Crippen LogP contribution < -0.4 is 5.73 Å². The number of hydrogen-bond acceptors (Lipinski definition) is 4. The van der Waals surface area contributed by atoms with E-state index < -0.39 is 6.04 Å². The van der Waals surface area contributed by atoms with Crippen LogP contribution >= 0.6 is 0 Å². The summed E-state index contributed by atoms with van der Waals surface area (Å²) in [6.07, 6.45) is 0. The van der Waals surface area contributed by atoms with Crippen molar-refractivity contribution in [1.82, 2.24) is 4.90 Å². The normalized spacial score (nSPS) is 13.5. The van der Waals surface area contributed by atoms with Crippen LogP contribution in [0.3, 0.4) is 0 Å². The molecule has 0 aliphatic heterocycles. The first kappa shape index (κ1) is 15.2. The number of esters is 1. The Balaban J connectivity index is 2.65. The second-order valence-corrected chi connectivity index (χ2v) is 4.53. The number of ether oxygens (including phenoxy) is 1. The Kier molecular flexibility index (Phi) is 5.51. The Bertz CT molecular complexity index is 434. The van der Waals surface area contributed by atoms with Gasteiger partial charge in [-0.2, -0.15) is 0 Å². The highest BCUT2D eigenvalue weighted by atomic mass is 16.5. The molecular weight excluding hydrogens is 244 g/mol. The van der Waals surface area contributed by atoms with Crippen LogP contribution in [0.5, 0.6) is 0 Å². The van der Waals surface area contributed by atoms with Crippen LogP contribution in [0.2, 0.25) is 0 Å². The number of carbonyl (C=O) groups is 2. The van der Waals surface area contributed by atoms with Crippen molar-refractivity contribution in [2.45, 2.75) is 13.0 Å². The van der Waals surface area contributed by atoms with Gasteiger partial charge in [-0.1, -0.05) is 37.3 Å². The van der Waals surface area contributed by atoms with Gasteiger partial charge >= 0.3 is 5.97 Å². The SMILES string of the molecule is COC(=O)C(C)CN(C)C(=O)C(N)c1ccccc1. The summed E-state index contributed by atoms with van der Waals surface area (Å²) in [6.45, 7) is 2.00. The van der Waals surface area contributed by atoms with E-state index in [0.29, 0.717) is 0 Å². The number of nitrogens with zero attached hydrogens (tertiary/aromatic N) is 1. The third-order valence-corrected chi connectivity index (χ3v) is 2.95. The predicted octanol–water partition coefficient (Wildman–Crippen LogP) is 0.954. The largest absolute Gasteiger partial charge is 0.469 e. The van der Waals surface area contributed by atoms with Crippen molar-refractivity contribution < 1.29 is 14.3 Å². The summed E-state index contributed by atoms with van der Waals surface area (Å²) >= 11 is 0. The maximum absolute atomic E-state index is 12.1. The number of rotatable bonds is 5. The van der Waals surface area contributed by atoms with Crippen molar-refractivity contribution in [1.29, 1.82) is 0 Å². The molecule has 0 saturated carbocycles. The zero-order valence-corrected chi connectivity index (χ0v) is 11.5. The fraction of sp³-hybridized carbons (Fsp3) is 0.429. The topological polar surface area (TPSA) is 72.6 Å². The smallest absolute Gasteiger partial charge is 0.310 e. The Morgan fingerprint density at radius 1 is 1.32 bits per heavy atom. The number of benzene rings is 1. The number of amides is 1. The van der Waals surface area contributed by atoms with Gasteiger partial charge in [0.1, 0.15) is 6.04 Å². The molecule has 0 saturated heterocycles. The van der Waals surface area contributed by atoms with Crippen LogP contribution in [-0.4, -0.2) is 37.5 Å². The fourth-order valence-corrected chi connectivity index (χ4v) is 1.82. The molecule has 1 aromatic rings. The van der Waals surface area contributed by atoms with Gasteiger partial charge in [0.2, 0.25) is 5.91 Å². The molecule has 0 heterocycles. The molecule has 0 aromatic heterocycles. The highest BCUT2D eigenvalue weighted by Gasteiger charge is 2.23. The Hall–Kier alpha value is -1.88. The van der Waals surface area contributed by atoms with Crippen molar-refractivity contribution in [2.24, 2.45) is 11.7 Å². The first-order valence-electron chi connectivity index (χ1n) is 6.10. The summed E-state index contributed by atoms with van der Waals surface area (Å²) in [5, 5.41) is 0. The summed E-state index contributed by atoms with van der Waals surface area (Å²) in [4.78, 5) is 24.9. The minimum Gasteiger partial charge on any atom is -0.469 e. The third-order valence-electron chi connectivity index (χ3n) is 2.95. The quantitative estimate of drug-likeness (QED) is 0.804. The number of likely N-dealkylation sites (N-methyl/N-ethyl adjacent to an activating group) is 1.